The van der Waals surface area contributed by atoms with Crippen molar-refractivity contribution in [3.8, 4) is 11.5 Å². The minimum Gasteiger partial charge on any atom is -0.493 e. The molecule has 0 aliphatic rings. The van der Waals surface area contributed by atoms with Crippen LogP contribution in [0.1, 0.15) is 18.9 Å². The minimum atomic E-state index is -4.36. The van der Waals surface area contributed by atoms with Crippen molar-refractivity contribution < 1.29 is 22.6 Å². The molecule has 0 aliphatic heterocycles. The molecule has 0 radical (unpaired) electrons. The van der Waals surface area contributed by atoms with Crippen LogP contribution in [0.25, 0.3) is 0 Å². The van der Waals surface area contributed by atoms with E-state index in [4.69, 9.17) is 15.2 Å². The smallest absolute Gasteiger partial charge is 0.422 e. The summed E-state index contributed by atoms with van der Waals surface area (Å²) in [6, 6.07) is 4.87. The first-order chi connectivity index (χ1) is 8.96. The Hall–Kier alpha value is -1.43. The van der Waals surface area contributed by atoms with Crippen molar-refractivity contribution in [3.05, 3.63) is 23.8 Å². The Labute approximate surface area is 110 Å². The molecule has 19 heavy (non-hydrogen) atoms. The molecule has 108 valence electrons. The van der Waals surface area contributed by atoms with Crippen LogP contribution in [-0.2, 0) is 6.42 Å². The van der Waals surface area contributed by atoms with Crippen LogP contribution in [-0.4, -0.2) is 25.9 Å². The number of halogens is 3. The Kier molecular flexibility index (Phi) is 5.95. The first kappa shape index (κ1) is 15.6. The molecule has 0 fully saturated rings. The second-order valence-corrected chi connectivity index (χ2v) is 4.06. The average molecular weight is 277 g/mol. The SMILES string of the molecule is CCCOc1ccc(CCN)c(OCC(F)(F)F)c1. The normalized spacial score (nSPS) is 11.4. The monoisotopic (exact) mass is 277 g/mol. The molecular weight excluding hydrogens is 259 g/mol. The lowest BCUT2D eigenvalue weighted by Crippen LogP contribution is -2.20. The van der Waals surface area contributed by atoms with Crippen molar-refractivity contribution in [2.24, 2.45) is 5.73 Å². The lowest BCUT2D eigenvalue weighted by atomic mass is 10.1. The van der Waals surface area contributed by atoms with Crippen molar-refractivity contribution in [2.45, 2.75) is 25.9 Å². The van der Waals surface area contributed by atoms with E-state index >= 15 is 0 Å². The number of hydrogen-bond acceptors (Lipinski definition) is 3. The molecule has 0 heterocycles. The maximum absolute atomic E-state index is 12.2. The Morgan fingerprint density at radius 3 is 2.53 bits per heavy atom. The van der Waals surface area contributed by atoms with Crippen molar-refractivity contribution in [1.29, 1.82) is 0 Å². The first-order valence-electron chi connectivity index (χ1n) is 6.11. The van der Waals surface area contributed by atoms with Crippen molar-refractivity contribution in [2.75, 3.05) is 19.8 Å². The van der Waals surface area contributed by atoms with Gasteiger partial charge in [-0.25, -0.2) is 0 Å². The Balaban J connectivity index is 2.82. The molecular formula is C13H18F3NO2. The predicted octanol–water partition coefficient (Wildman–Crippen LogP) is 2.92. The first-order valence-corrected chi connectivity index (χ1v) is 6.11. The van der Waals surface area contributed by atoms with E-state index in [2.05, 4.69) is 0 Å². The van der Waals surface area contributed by atoms with Crippen LogP contribution < -0.4 is 15.2 Å². The quantitative estimate of drug-likeness (QED) is 0.833. The maximum Gasteiger partial charge on any atom is 0.422 e. The summed E-state index contributed by atoms with van der Waals surface area (Å²) in [5.74, 6) is 0.677. The van der Waals surface area contributed by atoms with Gasteiger partial charge in [0.25, 0.3) is 0 Å². The number of benzene rings is 1. The van der Waals surface area contributed by atoms with Gasteiger partial charge in [0.05, 0.1) is 6.61 Å². The predicted molar refractivity (Wildman–Crippen MR) is 66.5 cm³/mol. The summed E-state index contributed by atoms with van der Waals surface area (Å²) in [6.07, 6.45) is -3.08. The Morgan fingerprint density at radius 2 is 1.95 bits per heavy atom. The molecule has 0 atom stereocenters. The molecule has 0 aromatic heterocycles. The van der Waals surface area contributed by atoms with Gasteiger partial charge in [0.1, 0.15) is 11.5 Å². The van der Waals surface area contributed by atoms with E-state index in [1.807, 2.05) is 6.92 Å². The van der Waals surface area contributed by atoms with Crippen LogP contribution in [0.4, 0.5) is 13.2 Å². The van der Waals surface area contributed by atoms with Crippen molar-refractivity contribution in [3.63, 3.8) is 0 Å². The summed E-state index contributed by atoms with van der Waals surface area (Å²) in [4.78, 5) is 0. The zero-order valence-corrected chi connectivity index (χ0v) is 10.8. The van der Waals surface area contributed by atoms with Crippen LogP contribution in [0.15, 0.2) is 18.2 Å². The topological polar surface area (TPSA) is 44.5 Å². The highest BCUT2D eigenvalue weighted by molar-refractivity contribution is 5.41. The maximum atomic E-state index is 12.2. The van der Waals surface area contributed by atoms with Gasteiger partial charge < -0.3 is 15.2 Å². The number of rotatable bonds is 7. The average Bonchev–Trinajstić information content (AvgIpc) is 2.35. The van der Waals surface area contributed by atoms with Gasteiger partial charge in [-0.05, 0) is 31.0 Å². The van der Waals surface area contributed by atoms with Gasteiger partial charge in [0.15, 0.2) is 6.61 Å². The molecule has 2 N–H and O–H groups in total. The second-order valence-electron chi connectivity index (χ2n) is 4.06. The summed E-state index contributed by atoms with van der Waals surface area (Å²) >= 11 is 0. The number of nitrogens with two attached hydrogens (primary N) is 1. The van der Waals surface area contributed by atoms with Crippen molar-refractivity contribution >= 4 is 0 Å². The number of alkyl halides is 3. The van der Waals surface area contributed by atoms with Gasteiger partial charge in [0, 0.05) is 6.07 Å². The summed E-state index contributed by atoms with van der Waals surface area (Å²) in [7, 11) is 0. The fourth-order valence-electron chi connectivity index (χ4n) is 1.50. The molecule has 0 bridgehead atoms. The van der Waals surface area contributed by atoms with Crippen LogP contribution in [0, 0.1) is 0 Å². The third-order valence-corrected chi connectivity index (χ3v) is 2.32. The lowest BCUT2D eigenvalue weighted by molar-refractivity contribution is -0.153. The van der Waals surface area contributed by atoms with Crippen LogP contribution in [0.2, 0.25) is 0 Å². The molecule has 6 heteroatoms. The molecule has 1 aromatic carbocycles. The third kappa shape index (κ3) is 5.83. The van der Waals surface area contributed by atoms with E-state index in [-0.39, 0.29) is 5.75 Å². The van der Waals surface area contributed by atoms with Gasteiger partial charge in [-0.1, -0.05) is 13.0 Å². The highest BCUT2D eigenvalue weighted by atomic mass is 19.4. The van der Waals surface area contributed by atoms with Crippen LogP contribution >= 0.6 is 0 Å². The van der Waals surface area contributed by atoms with E-state index in [1.54, 1.807) is 12.1 Å². The zero-order valence-electron chi connectivity index (χ0n) is 10.8. The van der Waals surface area contributed by atoms with Gasteiger partial charge in [-0.15, -0.1) is 0 Å². The van der Waals surface area contributed by atoms with Gasteiger partial charge in [0.2, 0.25) is 0 Å². The van der Waals surface area contributed by atoms with E-state index in [0.29, 0.717) is 30.9 Å². The van der Waals surface area contributed by atoms with Gasteiger partial charge in [-0.3, -0.25) is 0 Å². The largest absolute Gasteiger partial charge is 0.493 e. The molecule has 0 unspecified atom stereocenters. The van der Waals surface area contributed by atoms with Crippen molar-refractivity contribution in [1.82, 2.24) is 0 Å². The highest BCUT2D eigenvalue weighted by Gasteiger charge is 2.28. The number of hydrogen-bond donors (Lipinski definition) is 1. The minimum absolute atomic E-state index is 0.177. The fraction of sp³-hybridized carbons (Fsp3) is 0.538. The summed E-state index contributed by atoms with van der Waals surface area (Å²) < 4.78 is 46.7. The summed E-state index contributed by atoms with van der Waals surface area (Å²) in [5, 5.41) is 0. The van der Waals surface area contributed by atoms with Gasteiger partial charge >= 0.3 is 6.18 Å². The second kappa shape index (κ2) is 7.23. The fourth-order valence-corrected chi connectivity index (χ4v) is 1.50. The zero-order chi connectivity index (χ0) is 14.3. The van der Waals surface area contributed by atoms with E-state index in [0.717, 1.165) is 6.42 Å². The van der Waals surface area contributed by atoms with E-state index in [9.17, 15) is 13.2 Å². The van der Waals surface area contributed by atoms with Crippen LogP contribution in [0.3, 0.4) is 0 Å². The molecule has 0 amide bonds. The molecule has 1 rings (SSSR count). The lowest BCUT2D eigenvalue weighted by Gasteiger charge is -2.14. The summed E-state index contributed by atoms with van der Waals surface area (Å²) in [6.45, 7) is 1.48. The highest BCUT2D eigenvalue weighted by Crippen LogP contribution is 2.27. The molecule has 1 aromatic rings. The standard InChI is InChI=1S/C13H18F3NO2/c1-2-7-18-11-4-3-10(5-6-17)12(8-11)19-9-13(14,15)16/h3-4,8H,2,5-7,9,17H2,1H3. The molecule has 0 aliphatic carbocycles. The van der Waals surface area contributed by atoms with Gasteiger partial charge in [-0.2, -0.15) is 13.2 Å². The molecule has 0 saturated heterocycles. The summed E-state index contributed by atoms with van der Waals surface area (Å²) in [5.41, 5.74) is 6.07. The third-order valence-electron chi connectivity index (χ3n) is 2.32. The molecule has 3 nitrogen and oxygen atoms in total. The molecule has 0 saturated carbocycles. The molecule has 0 spiro atoms. The Morgan fingerprint density at radius 1 is 1.21 bits per heavy atom. The number of ether oxygens (including phenoxy) is 2. The van der Waals surface area contributed by atoms with E-state index < -0.39 is 12.8 Å². The Bertz CT molecular complexity index is 394. The van der Waals surface area contributed by atoms with E-state index in [1.165, 1.54) is 6.07 Å². The van der Waals surface area contributed by atoms with Crippen LogP contribution in [0.5, 0.6) is 11.5 Å².